The molecule has 3 heteroatoms. The summed E-state index contributed by atoms with van der Waals surface area (Å²) in [6.07, 6.45) is 3.97. The predicted octanol–water partition coefficient (Wildman–Crippen LogP) is 2.62. The van der Waals surface area contributed by atoms with Crippen LogP contribution in [0.3, 0.4) is 0 Å². The van der Waals surface area contributed by atoms with E-state index in [1.54, 1.807) is 6.20 Å². The van der Waals surface area contributed by atoms with Crippen molar-refractivity contribution in [3.05, 3.63) is 29.6 Å². The standard InChI is InChI=1S/C14H20N2O/c1-14(2,3)11-6-7-15-12(10-11)13(17)16-8-4-5-9-16/h6-7,10H,4-5,8-9H2,1-3H3. The van der Waals surface area contributed by atoms with Crippen LogP contribution in [0.1, 0.15) is 49.7 Å². The van der Waals surface area contributed by atoms with Crippen LogP contribution >= 0.6 is 0 Å². The highest BCUT2D eigenvalue weighted by Crippen LogP contribution is 2.22. The normalized spacial score (nSPS) is 16.3. The van der Waals surface area contributed by atoms with Gasteiger partial charge in [-0.05, 0) is 36.0 Å². The Hall–Kier alpha value is -1.38. The second kappa shape index (κ2) is 4.47. The third-order valence-corrected chi connectivity index (χ3v) is 3.24. The van der Waals surface area contributed by atoms with Crippen LogP contribution in [0.25, 0.3) is 0 Å². The molecule has 0 saturated carbocycles. The van der Waals surface area contributed by atoms with Crippen molar-refractivity contribution in [2.24, 2.45) is 0 Å². The van der Waals surface area contributed by atoms with E-state index in [-0.39, 0.29) is 11.3 Å². The maximum absolute atomic E-state index is 12.2. The number of amides is 1. The Morgan fingerprint density at radius 2 is 1.94 bits per heavy atom. The lowest BCUT2D eigenvalue weighted by molar-refractivity contribution is 0.0787. The van der Waals surface area contributed by atoms with Crippen LogP contribution in [0.15, 0.2) is 18.3 Å². The number of carbonyl (C=O) groups is 1. The number of hydrogen-bond acceptors (Lipinski definition) is 2. The highest BCUT2D eigenvalue weighted by molar-refractivity contribution is 5.92. The first-order valence-corrected chi connectivity index (χ1v) is 6.24. The molecular formula is C14H20N2O. The van der Waals surface area contributed by atoms with Gasteiger partial charge in [-0.15, -0.1) is 0 Å². The molecule has 0 bridgehead atoms. The van der Waals surface area contributed by atoms with Gasteiger partial charge in [-0.25, -0.2) is 0 Å². The number of pyridine rings is 1. The lowest BCUT2D eigenvalue weighted by Crippen LogP contribution is -2.28. The largest absolute Gasteiger partial charge is 0.337 e. The number of aromatic nitrogens is 1. The molecule has 1 aliphatic rings. The third kappa shape index (κ3) is 2.65. The van der Waals surface area contributed by atoms with E-state index in [2.05, 4.69) is 25.8 Å². The first-order valence-electron chi connectivity index (χ1n) is 6.24. The summed E-state index contributed by atoms with van der Waals surface area (Å²) in [6, 6.07) is 3.92. The molecule has 0 atom stereocenters. The van der Waals surface area contributed by atoms with Gasteiger partial charge in [-0.3, -0.25) is 9.78 Å². The van der Waals surface area contributed by atoms with Crippen LogP contribution in [0.2, 0.25) is 0 Å². The molecule has 0 spiro atoms. The molecule has 0 radical (unpaired) electrons. The summed E-state index contributed by atoms with van der Waals surface area (Å²) < 4.78 is 0. The summed E-state index contributed by atoms with van der Waals surface area (Å²) in [5.41, 5.74) is 1.80. The van der Waals surface area contributed by atoms with Gasteiger partial charge in [0.1, 0.15) is 5.69 Å². The third-order valence-electron chi connectivity index (χ3n) is 3.24. The van der Waals surface area contributed by atoms with Crippen molar-refractivity contribution in [1.29, 1.82) is 0 Å². The molecule has 1 amide bonds. The fourth-order valence-electron chi connectivity index (χ4n) is 2.10. The van der Waals surface area contributed by atoms with E-state index in [4.69, 9.17) is 0 Å². The van der Waals surface area contributed by atoms with E-state index in [9.17, 15) is 4.79 Å². The number of nitrogens with zero attached hydrogens (tertiary/aromatic N) is 2. The lowest BCUT2D eigenvalue weighted by atomic mass is 9.87. The van der Waals surface area contributed by atoms with Crippen molar-refractivity contribution >= 4 is 5.91 Å². The zero-order chi connectivity index (χ0) is 12.5. The minimum Gasteiger partial charge on any atom is -0.337 e. The van der Waals surface area contributed by atoms with Gasteiger partial charge in [0.15, 0.2) is 0 Å². The van der Waals surface area contributed by atoms with Gasteiger partial charge in [0.2, 0.25) is 0 Å². The maximum Gasteiger partial charge on any atom is 0.272 e. The van der Waals surface area contributed by atoms with Gasteiger partial charge in [0.25, 0.3) is 5.91 Å². The van der Waals surface area contributed by atoms with Crippen molar-refractivity contribution in [1.82, 2.24) is 9.88 Å². The van der Waals surface area contributed by atoms with Crippen LogP contribution in [-0.4, -0.2) is 28.9 Å². The molecule has 1 aliphatic heterocycles. The SMILES string of the molecule is CC(C)(C)c1ccnc(C(=O)N2CCCC2)c1. The van der Waals surface area contributed by atoms with E-state index in [1.807, 2.05) is 17.0 Å². The van der Waals surface area contributed by atoms with Gasteiger partial charge in [0, 0.05) is 19.3 Å². The second-order valence-corrected chi connectivity index (χ2v) is 5.68. The zero-order valence-electron chi connectivity index (χ0n) is 10.9. The molecule has 2 rings (SSSR count). The number of rotatable bonds is 1. The second-order valence-electron chi connectivity index (χ2n) is 5.68. The van der Waals surface area contributed by atoms with Gasteiger partial charge in [-0.1, -0.05) is 20.8 Å². The summed E-state index contributed by atoms with van der Waals surface area (Å²) in [6.45, 7) is 8.19. The zero-order valence-corrected chi connectivity index (χ0v) is 10.9. The molecule has 1 aromatic rings. The van der Waals surface area contributed by atoms with Gasteiger partial charge >= 0.3 is 0 Å². The number of carbonyl (C=O) groups excluding carboxylic acids is 1. The quantitative estimate of drug-likeness (QED) is 0.745. The van der Waals surface area contributed by atoms with Crippen LogP contribution in [-0.2, 0) is 5.41 Å². The summed E-state index contributed by atoms with van der Waals surface area (Å²) in [7, 11) is 0. The monoisotopic (exact) mass is 232 g/mol. The summed E-state index contributed by atoms with van der Waals surface area (Å²) in [5, 5.41) is 0. The minimum atomic E-state index is 0.0585. The molecular weight excluding hydrogens is 212 g/mol. The molecule has 1 fully saturated rings. The van der Waals surface area contributed by atoms with Crippen LogP contribution < -0.4 is 0 Å². The van der Waals surface area contributed by atoms with Crippen molar-refractivity contribution in [2.45, 2.75) is 39.0 Å². The van der Waals surface area contributed by atoms with Crippen molar-refractivity contribution in [3.63, 3.8) is 0 Å². The average molecular weight is 232 g/mol. The predicted molar refractivity (Wildman–Crippen MR) is 68.1 cm³/mol. The Labute approximate surface area is 103 Å². The van der Waals surface area contributed by atoms with Crippen molar-refractivity contribution in [2.75, 3.05) is 13.1 Å². The molecule has 17 heavy (non-hydrogen) atoms. The van der Waals surface area contributed by atoms with E-state index >= 15 is 0 Å². The lowest BCUT2D eigenvalue weighted by Gasteiger charge is -2.20. The molecule has 1 saturated heterocycles. The van der Waals surface area contributed by atoms with E-state index in [1.165, 1.54) is 0 Å². The van der Waals surface area contributed by atoms with E-state index < -0.39 is 0 Å². The van der Waals surface area contributed by atoms with Gasteiger partial charge in [0.05, 0.1) is 0 Å². The summed E-state index contributed by atoms with van der Waals surface area (Å²) >= 11 is 0. The summed E-state index contributed by atoms with van der Waals surface area (Å²) in [5.74, 6) is 0.0774. The maximum atomic E-state index is 12.2. The Morgan fingerprint density at radius 1 is 1.29 bits per heavy atom. The first-order chi connectivity index (χ1) is 7.98. The average Bonchev–Trinajstić information content (AvgIpc) is 2.80. The Balaban J connectivity index is 2.24. The van der Waals surface area contributed by atoms with Crippen LogP contribution in [0, 0.1) is 0 Å². The van der Waals surface area contributed by atoms with Crippen molar-refractivity contribution in [3.8, 4) is 0 Å². The number of likely N-dealkylation sites (tertiary alicyclic amines) is 1. The Morgan fingerprint density at radius 3 is 2.53 bits per heavy atom. The molecule has 0 N–H and O–H groups in total. The number of hydrogen-bond donors (Lipinski definition) is 0. The molecule has 2 heterocycles. The highest BCUT2D eigenvalue weighted by Gasteiger charge is 2.22. The topological polar surface area (TPSA) is 33.2 Å². The first kappa shape index (κ1) is 12.1. The van der Waals surface area contributed by atoms with Crippen molar-refractivity contribution < 1.29 is 4.79 Å². The fourth-order valence-corrected chi connectivity index (χ4v) is 2.10. The molecule has 1 aromatic heterocycles. The molecule has 0 unspecified atom stereocenters. The highest BCUT2D eigenvalue weighted by atomic mass is 16.2. The van der Waals surface area contributed by atoms with Gasteiger partial charge < -0.3 is 4.90 Å². The Kier molecular flexibility index (Phi) is 3.18. The minimum absolute atomic E-state index is 0.0585. The molecule has 0 aliphatic carbocycles. The van der Waals surface area contributed by atoms with Gasteiger partial charge in [-0.2, -0.15) is 0 Å². The molecule has 3 nitrogen and oxygen atoms in total. The van der Waals surface area contributed by atoms with Crippen LogP contribution in [0.4, 0.5) is 0 Å². The fraction of sp³-hybridized carbons (Fsp3) is 0.571. The van der Waals surface area contributed by atoms with Crippen LogP contribution in [0.5, 0.6) is 0 Å². The van der Waals surface area contributed by atoms with E-state index in [0.717, 1.165) is 31.5 Å². The molecule has 0 aromatic carbocycles. The summed E-state index contributed by atoms with van der Waals surface area (Å²) in [4.78, 5) is 18.3. The Bertz CT molecular complexity index is 414. The smallest absolute Gasteiger partial charge is 0.272 e. The van der Waals surface area contributed by atoms with E-state index in [0.29, 0.717) is 5.69 Å². The molecule has 92 valence electrons.